The molecule has 2 aromatic heterocycles. The fraction of sp³-hybridized carbons (Fsp3) is 0.500. The summed E-state index contributed by atoms with van der Waals surface area (Å²) >= 11 is 0. The molecule has 0 aliphatic carbocycles. The number of nitrogens with zero attached hydrogens (tertiary/aromatic N) is 4. The number of pyridine rings is 1. The molecule has 2 aromatic rings. The van der Waals surface area contributed by atoms with Gasteiger partial charge in [-0.05, 0) is 31.9 Å². The van der Waals surface area contributed by atoms with Gasteiger partial charge in [0, 0.05) is 44.1 Å². The van der Waals surface area contributed by atoms with Gasteiger partial charge < -0.3 is 14.6 Å². The monoisotopic (exact) mass is 286 g/mol. The number of aliphatic hydroxyl groups is 1. The maximum atomic E-state index is 10.6. The summed E-state index contributed by atoms with van der Waals surface area (Å²) < 4.78 is 1.90. The lowest BCUT2D eigenvalue weighted by atomic mass is 9.92. The maximum Gasteiger partial charge on any atom is 0.137 e. The van der Waals surface area contributed by atoms with Crippen molar-refractivity contribution in [1.82, 2.24) is 14.5 Å². The third-order valence-corrected chi connectivity index (χ3v) is 4.22. The van der Waals surface area contributed by atoms with Crippen molar-refractivity contribution in [2.45, 2.75) is 25.9 Å². The lowest BCUT2D eigenvalue weighted by Gasteiger charge is -2.35. The van der Waals surface area contributed by atoms with E-state index in [0.717, 1.165) is 43.3 Å². The quantitative estimate of drug-likeness (QED) is 0.938. The highest BCUT2D eigenvalue weighted by atomic mass is 16.3. The Labute approximate surface area is 125 Å². The number of piperidine rings is 1. The lowest BCUT2D eigenvalue weighted by Crippen LogP contribution is -2.38. The molecule has 1 N–H and O–H groups in total. The molecule has 3 heterocycles. The largest absolute Gasteiger partial charge is 0.385 e. The summed E-state index contributed by atoms with van der Waals surface area (Å²) in [5.41, 5.74) is 1.03. The topological polar surface area (TPSA) is 54.2 Å². The van der Waals surface area contributed by atoms with Crippen LogP contribution in [0.2, 0.25) is 0 Å². The van der Waals surface area contributed by atoms with E-state index in [1.54, 1.807) is 6.20 Å². The van der Waals surface area contributed by atoms with Crippen molar-refractivity contribution < 1.29 is 5.11 Å². The summed E-state index contributed by atoms with van der Waals surface area (Å²) in [6.07, 6.45) is 5.19. The molecule has 0 aromatic carbocycles. The minimum atomic E-state index is -0.516. The van der Waals surface area contributed by atoms with Gasteiger partial charge >= 0.3 is 0 Å². The van der Waals surface area contributed by atoms with E-state index in [-0.39, 0.29) is 5.92 Å². The SMILES string of the molecule is Cc1cccc(N2CCC[C@@H]([C@H](O)c3nccn3C)C2)n1. The van der Waals surface area contributed by atoms with Crippen LogP contribution >= 0.6 is 0 Å². The molecule has 0 unspecified atom stereocenters. The second kappa shape index (κ2) is 5.85. The highest BCUT2D eigenvalue weighted by molar-refractivity contribution is 5.39. The first-order valence-electron chi connectivity index (χ1n) is 7.49. The van der Waals surface area contributed by atoms with Gasteiger partial charge in [0.05, 0.1) is 0 Å². The summed E-state index contributed by atoms with van der Waals surface area (Å²) in [5, 5.41) is 10.6. The normalized spacial score (nSPS) is 20.5. The Morgan fingerprint density at radius 1 is 1.38 bits per heavy atom. The van der Waals surface area contributed by atoms with E-state index in [2.05, 4.69) is 14.9 Å². The fourth-order valence-electron chi connectivity index (χ4n) is 3.05. The molecule has 3 rings (SSSR count). The van der Waals surface area contributed by atoms with Crippen LogP contribution in [-0.2, 0) is 7.05 Å². The first-order chi connectivity index (χ1) is 10.1. The van der Waals surface area contributed by atoms with Crippen molar-refractivity contribution in [3.05, 3.63) is 42.1 Å². The minimum Gasteiger partial charge on any atom is -0.385 e. The average molecular weight is 286 g/mol. The highest BCUT2D eigenvalue weighted by Gasteiger charge is 2.29. The third kappa shape index (κ3) is 2.93. The molecular weight excluding hydrogens is 264 g/mol. The Morgan fingerprint density at radius 3 is 2.95 bits per heavy atom. The standard InChI is InChI=1S/C16H22N4O/c1-12-5-3-7-14(18-12)20-9-4-6-13(11-20)15(21)16-17-8-10-19(16)2/h3,5,7-8,10,13,15,21H,4,6,9,11H2,1-2H3/t13-,15+/m1/s1. The molecule has 0 spiro atoms. The van der Waals surface area contributed by atoms with Crippen LogP contribution in [0, 0.1) is 12.8 Å². The summed E-state index contributed by atoms with van der Waals surface area (Å²) in [4.78, 5) is 11.1. The molecule has 2 atom stereocenters. The molecule has 112 valence electrons. The van der Waals surface area contributed by atoms with Crippen LogP contribution in [0.1, 0.15) is 30.5 Å². The van der Waals surface area contributed by atoms with Crippen molar-refractivity contribution in [1.29, 1.82) is 0 Å². The zero-order valence-corrected chi connectivity index (χ0v) is 12.6. The summed E-state index contributed by atoms with van der Waals surface area (Å²) in [6.45, 7) is 3.83. The molecule has 5 nitrogen and oxygen atoms in total. The molecule has 1 fully saturated rings. The second-order valence-corrected chi connectivity index (χ2v) is 5.83. The number of hydrogen-bond acceptors (Lipinski definition) is 4. The minimum absolute atomic E-state index is 0.196. The molecular formula is C16H22N4O. The number of aliphatic hydroxyl groups excluding tert-OH is 1. The molecule has 1 aliphatic rings. The van der Waals surface area contributed by atoms with E-state index in [4.69, 9.17) is 0 Å². The van der Waals surface area contributed by atoms with E-state index in [9.17, 15) is 5.11 Å². The number of hydrogen-bond donors (Lipinski definition) is 1. The van der Waals surface area contributed by atoms with E-state index < -0.39 is 6.10 Å². The van der Waals surface area contributed by atoms with Crippen molar-refractivity contribution in [2.75, 3.05) is 18.0 Å². The van der Waals surface area contributed by atoms with Gasteiger partial charge in [-0.15, -0.1) is 0 Å². The molecule has 21 heavy (non-hydrogen) atoms. The summed E-state index contributed by atoms with van der Waals surface area (Å²) in [5.74, 6) is 1.95. The van der Waals surface area contributed by atoms with Gasteiger partial charge in [0.2, 0.25) is 0 Å². The van der Waals surface area contributed by atoms with Crippen LogP contribution < -0.4 is 4.90 Å². The Balaban J connectivity index is 1.75. The van der Waals surface area contributed by atoms with Crippen LogP contribution in [-0.4, -0.2) is 32.7 Å². The fourth-order valence-corrected chi connectivity index (χ4v) is 3.05. The Morgan fingerprint density at radius 2 is 2.24 bits per heavy atom. The van der Waals surface area contributed by atoms with Gasteiger partial charge in [0.1, 0.15) is 17.7 Å². The van der Waals surface area contributed by atoms with E-state index in [1.165, 1.54) is 0 Å². The van der Waals surface area contributed by atoms with Crippen molar-refractivity contribution in [3.63, 3.8) is 0 Å². The number of aryl methyl sites for hydroxylation is 2. The molecule has 1 aliphatic heterocycles. The van der Waals surface area contributed by atoms with Crippen LogP contribution in [0.4, 0.5) is 5.82 Å². The smallest absolute Gasteiger partial charge is 0.137 e. The van der Waals surface area contributed by atoms with Gasteiger partial charge in [-0.2, -0.15) is 0 Å². The molecule has 0 bridgehead atoms. The summed E-state index contributed by atoms with van der Waals surface area (Å²) in [7, 11) is 1.92. The molecule has 0 amide bonds. The predicted molar refractivity (Wildman–Crippen MR) is 82.1 cm³/mol. The molecule has 1 saturated heterocycles. The number of rotatable bonds is 3. The number of imidazole rings is 1. The number of anilines is 1. The third-order valence-electron chi connectivity index (χ3n) is 4.22. The zero-order chi connectivity index (χ0) is 14.8. The van der Waals surface area contributed by atoms with Crippen LogP contribution in [0.25, 0.3) is 0 Å². The molecule has 0 saturated carbocycles. The lowest BCUT2D eigenvalue weighted by molar-refractivity contribution is 0.0874. The Kier molecular flexibility index (Phi) is 3.92. The van der Waals surface area contributed by atoms with Gasteiger partial charge in [0.25, 0.3) is 0 Å². The first-order valence-corrected chi connectivity index (χ1v) is 7.49. The van der Waals surface area contributed by atoms with Crippen LogP contribution in [0.3, 0.4) is 0 Å². The average Bonchev–Trinajstić information content (AvgIpc) is 2.93. The van der Waals surface area contributed by atoms with E-state index >= 15 is 0 Å². The first kappa shape index (κ1) is 14.1. The van der Waals surface area contributed by atoms with Gasteiger partial charge in [-0.3, -0.25) is 0 Å². The van der Waals surface area contributed by atoms with Crippen molar-refractivity contribution in [2.24, 2.45) is 13.0 Å². The van der Waals surface area contributed by atoms with Gasteiger partial charge in [-0.1, -0.05) is 6.07 Å². The van der Waals surface area contributed by atoms with Gasteiger partial charge in [-0.25, -0.2) is 9.97 Å². The summed E-state index contributed by atoms with van der Waals surface area (Å²) in [6, 6.07) is 6.09. The van der Waals surface area contributed by atoms with Crippen LogP contribution in [0.15, 0.2) is 30.6 Å². The van der Waals surface area contributed by atoms with E-state index in [0.29, 0.717) is 0 Å². The predicted octanol–water partition coefficient (Wildman–Crippen LogP) is 2.07. The zero-order valence-electron chi connectivity index (χ0n) is 12.6. The second-order valence-electron chi connectivity index (χ2n) is 5.83. The van der Waals surface area contributed by atoms with Crippen LogP contribution in [0.5, 0.6) is 0 Å². The van der Waals surface area contributed by atoms with Gasteiger partial charge in [0.15, 0.2) is 0 Å². The molecule has 5 heteroatoms. The van der Waals surface area contributed by atoms with Crippen molar-refractivity contribution >= 4 is 5.82 Å². The Hall–Kier alpha value is -1.88. The van der Waals surface area contributed by atoms with Crippen molar-refractivity contribution in [3.8, 4) is 0 Å². The van der Waals surface area contributed by atoms with E-state index in [1.807, 2.05) is 42.9 Å². The molecule has 0 radical (unpaired) electrons. The highest BCUT2D eigenvalue weighted by Crippen LogP contribution is 2.30. The maximum absolute atomic E-state index is 10.6. The number of aromatic nitrogens is 3. The Bertz CT molecular complexity index is 610.